The van der Waals surface area contributed by atoms with E-state index in [1.54, 1.807) is 0 Å². The first-order valence-electron chi connectivity index (χ1n) is 11.4. The SMILES string of the molecule is CC(=O)O[C@H]1[C@H](Oc2c(O)cc(O)c3c(=O)c(O)c(-c4ccc(O)cc4)oc23)O[C@@H](CO)[C@@H](OC(C)=O)[C@H]1O. The second kappa shape index (κ2) is 10.7. The Labute approximate surface area is 218 Å². The number of hydrogen-bond donors (Lipinski definition) is 6. The fraction of sp³-hybridized carbons (Fsp3) is 0.320. The summed E-state index contributed by atoms with van der Waals surface area (Å²) in [5, 5.41) is 61.1. The van der Waals surface area contributed by atoms with Crippen molar-refractivity contribution in [3.63, 3.8) is 0 Å². The van der Waals surface area contributed by atoms with Gasteiger partial charge in [-0.15, -0.1) is 0 Å². The molecule has 2 aromatic carbocycles. The average molecular weight is 548 g/mol. The molecule has 1 aliphatic heterocycles. The zero-order valence-electron chi connectivity index (χ0n) is 20.4. The van der Waals surface area contributed by atoms with Crippen molar-refractivity contribution in [3.05, 3.63) is 40.6 Å². The fourth-order valence-corrected chi connectivity index (χ4v) is 4.13. The summed E-state index contributed by atoms with van der Waals surface area (Å²) < 4.78 is 27.1. The zero-order valence-corrected chi connectivity index (χ0v) is 20.4. The van der Waals surface area contributed by atoms with Crippen LogP contribution in [0, 0.1) is 0 Å². The minimum atomic E-state index is -1.78. The Morgan fingerprint density at radius 3 is 2.15 bits per heavy atom. The van der Waals surface area contributed by atoms with Gasteiger partial charge in [-0.1, -0.05) is 0 Å². The van der Waals surface area contributed by atoms with Gasteiger partial charge in [-0.3, -0.25) is 14.4 Å². The molecule has 0 aliphatic carbocycles. The molecule has 1 aromatic heterocycles. The molecule has 0 amide bonds. The van der Waals surface area contributed by atoms with E-state index in [4.69, 9.17) is 23.4 Å². The summed E-state index contributed by atoms with van der Waals surface area (Å²) in [4.78, 5) is 36.3. The molecular formula is C25H24O14. The molecule has 0 bridgehead atoms. The van der Waals surface area contributed by atoms with Crippen LogP contribution in [0.15, 0.2) is 39.5 Å². The molecule has 14 nitrogen and oxygen atoms in total. The van der Waals surface area contributed by atoms with Gasteiger partial charge in [-0.2, -0.15) is 0 Å². The average Bonchev–Trinajstić information content (AvgIpc) is 2.87. The van der Waals surface area contributed by atoms with Crippen molar-refractivity contribution in [2.24, 2.45) is 0 Å². The van der Waals surface area contributed by atoms with Crippen LogP contribution in [-0.2, 0) is 23.8 Å². The smallest absolute Gasteiger partial charge is 0.303 e. The number of aliphatic hydroxyl groups is 2. The third kappa shape index (κ3) is 5.25. The highest BCUT2D eigenvalue weighted by atomic mass is 16.7. The third-order valence-corrected chi connectivity index (χ3v) is 5.82. The topological polar surface area (TPSA) is 223 Å². The first kappa shape index (κ1) is 27.5. The predicted molar refractivity (Wildman–Crippen MR) is 128 cm³/mol. The number of ether oxygens (including phenoxy) is 4. The largest absolute Gasteiger partial charge is 0.508 e. The standard InChI is InChI=1S/C25H24O14/c1-9(27)35-22-15(8-26)37-25(24(19(22)34)36-10(2)28)39-21-14(31)7-13(30)16-17(32)18(33)20(38-23(16)21)11-3-5-12(29)6-4-11/h3-7,15,19,22,24-26,29-31,33-34H,8H2,1-2H3/t15-,19+,22+,24+,25-/m0/s1. The number of phenolic OH excluding ortho intramolecular Hbond substituents is 3. The Morgan fingerprint density at radius 1 is 0.949 bits per heavy atom. The number of hydrogen-bond acceptors (Lipinski definition) is 14. The number of aliphatic hydroxyl groups excluding tert-OH is 2. The van der Waals surface area contributed by atoms with Gasteiger partial charge >= 0.3 is 11.9 Å². The summed E-state index contributed by atoms with van der Waals surface area (Å²) in [6.07, 6.45) is -8.09. The van der Waals surface area contributed by atoms with Crippen LogP contribution in [0.2, 0.25) is 0 Å². The van der Waals surface area contributed by atoms with Crippen molar-refractivity contribution < 1.29 is 63.6 Å². The Morgan fingerprint density at radius 2 is 1.56 bits per heavy atom. The van der Waals surface area contributed by atoms with Gasteiger partial charge in [0.2, 0.25) is 23.2 Å². The molecule has 1 fully saturated rings. The second-order valence-corrected chi connectivity index (χ2v) is 8.59. The maximum Gasteiger partial charge on any atom is 0.303 e. The number of phenols is 3. The summed E-state index contributed by atoms with van der Waals surface area (Å²) >= 11 is 0. The number of carbonyl (C=O) groups is 2. The van der Waals surface area contributed by atoms with Gasteiger partial charge in [0.15, 0.2) is 29.3 Å². The highest BCUT2D eigenvalue weighted by Gasteiger charge is 2.50. The van der Waals surface area contributed by atoms with Gasteiger partial charge in [-0.25, -0.2) is 0 Å². The molecule has 5 atom stereocenters. The summed E-state index contributed by atoms with van der Waals surface area (Å²) in [6, 6.07) is 5.87. The first-order valence-corrected chi connectivity index (χ1v) is 11.4. The molecule has 1 saturated heterocycles. The molecular weight excluding hydrogens is 524 g/mol. The summed E-state index contributed by atoms with van der Waals surface area (Å²) in [6.45, 7) is 1.29. The van der Waals surface area contributed by atoms with Gasteiger partial charge in [0, 0.05) is 25.5 Å². The highest BCUT2D eigenvalue weighted by Crippen LogP contribution is 2.44. The van der Waals surface area contributed by atoms with E-state index in [-0.39, 0.29) is 11.3 Å². The van der Waals surface area contributed by atoms with Crippen molar-refractivity contribution in [2.45, 2.75) is 44.6 Å². The molecule has 208 valence electrons. The van der Waals surface area contributed by atoms with Gasteiger partial charge in [-0.05, 0) is 24.3 Å². The monoisotopic (exact) mass is 548 g/mol. The number of benzene rings is 2. The Kier molecular flexibility index (Phi) is 7.53. The lowest BCUT2D eigenvalue weighted by Gasteiger charge is -2.42. The van der Waals surface area contributed by atoms with Crippen LogP contribution in [-0.4, -0.2) is 79.9 Å². The molecule has 39 heavy (non-hydrogen) atoms. The van der Waals surface area contributed by atoms with Crippen molar-refractivity contribution in [1.29, 1.82) is 0 Å². The normalized spacial score (nSPS) is 22.8. The van der Waals surface area contributed by atoms with E-state index in [0.29, 0.717) is 0 Å². The number of carbonyl (C=O) groups excluding carboxylic acids is 2. The minimum absolute atomic E-state index is 0.115. The maximum absolute atomic E-state index is 13.0. The summed E-state index contributed by atoms with van der Waals surface area (Å²) in [7, 11) is 0. The first-order chi connectivity index (χ1) is 18.4. The van der Waals surface area contributed by atoms with Crippen LogP contribution < -0.4 is 10.2 Å². The third-order valence-electron chi connectivity index (χ3n) is 5.82. The lowest BCUT2D eigenvalue weighted by Crippen LogP contribution is -2.62. The van der Waals surface area contributed by atoms with Crippen LogP contribution in [0.1, 0.15) is 13.8 Å². The summed E-state index contributed by atoms with van der Waals surface area (Å²) in [5.41, 5.74) is -1.54. The second-order valence-electron chi connectivity index (χ2n) is 8.59. The van der Waals surface area contributed by atoms with Crippen molar-refractivity contribution >= 4 is 22.9 Å². The molecule has 0 radical (unpaired) electrons. The van der Waals surface area contributed by atoms with Crippen LogP contribution in [0.3, 0.4) is 0 Å². The molecule has 4 rings (SSSR count). The van der Waals surface area contributed by atoms with E-state index in [2.05, 4.69) is 0 Å². The lowest BCUT2D eigenvalue weighted by atomic mass is 9.98. The van der Waals surface area contributed by atoms with Gasteiger partial charge in [0.1, 0.15) is 29.1 Å². The van der Waals surface area contributed by atoms with Crippen LogP contribution in [0.25, 0.3) is 22.3 Å². The zero-order chi connectivity index (χ0) is 28.6. The number of fused-ring (bicyclic) bond motifs is 1. The van der Waals surface area contributed by atoms with Crippen molar-refractivity contribution in [3.8, 4) is 40.1 Å². The van der Waals surface area contributed by atoms with Crippen molar-refractivity contribution in [2.75, 3.05) is 6.61 Å². The van der Waals surface area contributed by atoms with Crippen molar-refractivity contribution in [1.82, 2.24) is 0 Å². The fourth-order valence-electron chi connectivity index (χ4n) is 4.13. The Hall–Kier alpha value is -4.53. The predicted octanol–water partition coefficient (Wildman–Crippen LogP) is 0.603. The molecule has 2 heterocycles. The van der Waals surface area contributed by atoms with E-state index in [9.17, 15) is 45.0 Å². The molecule has 0 saturated carbocycles. The maximum atomic E-state index is 13.0. The molecule has 3 aromatic rings. The number of rotatable bonds is 6. The molecule has 14 heteroatoms. The van der Waals surface area contributed by atoms with Crippen LogP contribution >= 0.6 is 0 Å². The van der Waals surface area contributed by atoms with E-state index >= 15 is 0 Å². The lowest BCUT2D eigenvalue weighted by molar-refractivity contribution is -0.284. The molecule has 1 aliphatic rings. The van der Waals surface area contributed by atoms with Gasteiger partial charge in [0.25, 0.3) is 0 Å². The molecule has 6 N–H and O–H groups in total. The quantitative estimate of drug-likeness (QED) is 0.232. The minimum Gasteiger partial charge on any atom is -0.508 e. The van der Waals surface area contributed by atoms with Gasteiger partial charge < -0.3 is 54.0 Å². The van der Waals surface area contributed by atoms with E-state index in [0.717, 1.165) is 19.9 Å². The van der Waals surface area contributed by atoms with Crippen LogP contribution in [0.4, 0.5) is 0 Å². The summed E-state index contributed by atoms with van der Waals surface area (Å²) in [5.74, 6) is -5.34. The van der Waals surface area contributed by atoms with Gasteiger partial charge in [0.05, 0.1) is 6.61 Å². The number of esters is 2. The van der Waals surface area contributed by atoms with Crippen LogP contribution in [0.5, 0.6) is 28.7 Å². The van der Waals surface area contributed by atoms with E-state index < -0.39 is 94.4 Å². The Balaban J connectivity index is 1.86. The molecule has 0 spiro atoms. The Bertz CT molecular complexity index is 1460. The molecule has 0 unspecified atom stereocenters. The van der Waals surface area contributed by atoms with E-state index in [1.807, 2.05) is 0 Å². The van der Waals surface area contributed by atoms with E-state index in [1.165, 1.54) is 24.3 Å². The highest BCUT2D eigenvalue weighted by molar-refractivity contribution is 5.93. The number of aromatic hydroxyl groups is 4.